The lowest BCUT2D eigenvalue weighted by Crippen LogP contribution is -2.50. The van der Waals surface area contributed by atoms with Crippen LogP contribution in [0.5, 0.6) is 0 Å². The predicted octanol–water partition coefficient (Wildman–Crippen LogP) is 0.518. The Bertz CT molecular complexity index is 507. The van der Waals surface area contributed by atoms with Crippen molar-refractivity contribution in [3.8, 4) is 0 Å². The van der Waals surface area contributed by atoms with Crippen LogP contribution in [-0.2, 0) is 14.8 Å². The topological polar surface area (TPSA) is 75.3 Å². The highest BCUT2D eigenvalue weighted by molar-refractivity contribution is 7.89. The minimum Gasteiger partial charge on any atom is -0.373 e. The summed E-state index contributed by atoms with van der Waals surface area (Å²) in [5.74, 6) is 0.594. The number of aromatic amines is 1. The minimum atomic E-state index is -3.48. The van der Waals surface area contributed by atoms with Gasteiger partial charge in [-0.2, -0.15) is 4.31 Å². The van der Waals surface area contributed by atoms with E-state index in [1.54, 1.807) is 6.92 Å². The number of sulfonamides is 1. The Hall–Kier alpha value is -0.920. The zero-order valence-electron chi connectivity index (χ0n) is 10.2. The minimum absolute atomic E-state index is 0.146. The van der Waals surface area contributed by atoms with Crippen LogP contribution >= 0.6 is 0 Å². The molecule has 0 aromatic carbocycles. The molecule has 96 valence electrons. The van der Waals surface area contributed by atoms with Crippen molar-refractivity contribution in [3.63, 3.8) is 0 Å². The van der Waals surface area contributed by atoms with Gasteiger partial charge in [0.05, 0.1) is 18.4 Å². The standard InChI is InChI=1S/C10H17N3O3S/c1-8-11-6-9(12-8)17(14,15)13-4-5-16-10(2,3)7-13/h6H,4-5,7H2,1-3H3,(H,11,12). The van der Waals surface area contributed by atoms with Gasteiger partial charge in [0.1, 0.15) is 5.82 Å². The zero-order chi connectivity index (χ0) is 12.7. The lowest BCUT2D eigenvalue weighted by atomic mass is 10.1. The highest BCUT2D eigenvalue weighted by Gasteiger charge is 2.35. The van der Waals surface area contributed by atoms with Crippen molar-refractivity contribution in [2.24, 2.45) is 0 Å². The first-order chi connectivity index (χ1) is 7.81. The maximum atomic E-state index is 12.3. The molecule has 1 aromatic rings. The number of aromatic nitrogens is 2. The fourth-order valence-electron chi connectivity index (χ4n) is 1.85. The fraction of sp³-hybridized carbons (Fsp3) is 0.700. The van der Waals surface area contributed by atoms with E-state index in [9.17, 15) is 8.42 Å². The van der Waals surface area contributed by atoms with Crippen molar-refractivity contribution < 1.29 is 13.2 Å². The number of nitrogens with zero attached hydrogens (tertiary/aromatic N) is 2. The number of morpholine rings is 1. The van der Waals surface area contributed by atoms with Gasteiger partial charge in [0, 0.05) is 13.1 Å². The molecule has 0 saturated carbocycles. The summed E-state index contributed by atoms with van der Waals surface area (Å²) in [6.07, 6.45) is 1.35. The number of rotatable bonds is 2. The van der Waals surface area contributed by atoms with Gasteiger partial charge in [0.2, 0.25) is 0 Å². The maximum Gasteiger partial charge on any atom is 0.260 e. The van der Waals surface area contributed by atoms with Crippen LogP contribution < -0.4 is 0 Å². The van der Waals surface area contributed by atoms with Gasteiger partial charge in [-0.05, 0) is 20.8 Å². The van der Waals surface area contributed by atoms with Crippen molar-refractivity contribution in [2.45, 2.75) is 31.4 Å². The van der Waals surface area contributed by atoms with Crippen LogP contribution in [0.2, 0.25) is 0 Å². The number of nitrogens with one attached hydrogen (secondary N) is 1. The first kappa shape index (κ1) is 12.5. The Balaban J connectivity index is 2.27. The summed E-state index contributed by atoms with van der Waals surface area (Å²) in [5, 5.41) is 0.146. The zero-order valence-corrected chi connectivity index (χ0v) is 11.0. The SMILES string of the molecule is Cc1ncc(S(=O)(=O)N2CCOC(C)(C)C2)[nH]1. The lowest BCUT2D eigenvalue weighted by molar-refractivity contribution is -0.0640. The third kappa shape index (κ3) is 2.51. The third-order valence-electron chi connectivity index (χ3n) is 2.69. The fourth-order valence-corrected chi connectivity index (χ4v) is 3.38. The second kappa shape index (κ2) is 4.08. The van der Waals surface area contributed by atoms with E-state index in [0.29, 0.717) is 25.5 Å². The van der Waals surface area contributed by atoms with Crippen LogP contribution in [0.4, 0.5) is 0 Å². The molecular formula is C10H17N3O3S. The van der Waals surface area contributed by atoms with Crippen molar-refractivity contribution >= 4 is 10.0 Å². The third-order valence-corrected chi connectivity index (χ3v) is 4.44. The smallest absolute Gasteiger partial charge is 0.260 e. The van der Waals surface area contributed by atoms with E-state index in [4.69, 9.17) is 4.74 Å². The molecule has 1 aliphatic heterocycles. The van der Waals surface area contributed by atoms with Gasteiger partial charge in [-0.3, -0.25) is 0 Å². The number of aryl methyl sites for hydroxylation is 1. The number of H-pyrrole nitrogens is 1. The van der Waals surface area contributed by atoms with Crippen LogP contribution in [0, 0.1) is 6.92 Å². The maximum absolute atomic E-state index is 12.3. The van der Waals surface area contributed by atoms with E-state index in [1.807, 2.05) is 13.8 Å². The van der Waals surface area contributed by atoms with Crippen LogP contribution in [0.25, 0.3) is 0 Å². The van der Waals surface area contributed by atoms with Gasteiger partial charge in [-0.25, -0.2) is 13.4 Å². The normalized spacial score (nSPS) is 21.6. The van der Waals surface area contributed by atoms with Gasteiger partial charge in [-0.15, -0.1) is 0 Å². The molecule has 1 aliphatic rings. The predicted molar refractivity (Wildman–Crippen MR) is 62.1 cm³/mol. The molecule has 0 bridgehead atoms. The molecule has 17 heavy (non-hydrogen) atoms. The van der Waals surface area contributed by atoms with Crippen LogP contribution in [-0.4, -0.2) is 48.0 Å². The molecule has 2 heterocycles. The largest absolute Gasteiger partial charge is 0.373 e. The van der Waals surface area contributed by atoms with Crippen LogP contribution in [0.15, 0.2) is 11.2 Å². The highest BCUT2D eigenvalue weighted by Crippen LogP contribution is 2.22. The molecular weight excluding hydrogens is 242 g/mol. The number of hydrogen-bond donors (Lipinski definition) is 1. The Morgan fingerprint density at radius 1 is 1.53 bits per heavy atom. The second-order valence-corrected chi connectivity index (χ2v) is 6.69. The second-order valence-electron chi connectivity index (χ2n) is 4.78. The van der Waals surface area contributed by atoms with Crippen molar-refractivity contribution in [3.05, 3.63) is 12.0 Å². The molecule has 1 saturated heterocycles. The number of ether oxygens (including phenoxy) is 1. The summed E-state index contributed by atoms with van der Waals surface area (Å²) < 4.78 is 31.5. The molecule has 7 heteroatoms. The summed E-state index contributed by atoms with van der Waals surface area (Å²) >= 11 is 0. The van der Waals surface area contributed by atoms with E-state index in [1.165, 1.54) is 10.5 Å². The van der Waals surface area contributed by atoms with Gasteiger partial charge in [-0.1, -0.05) is 0 Å². The summed E-state index contributed by atoms with van der Waals surface area (Å²) in [4.78, 5) is 6.68. The first-order valence-corrected chi connectivity index (χ1v) is 6.91. The number of hydrogen-bond acceptors (Lipinski definition) is 4. The van der Waals surface area contributed by atoms with E-state index in [0.717, 1.165) is 0 Å². The lowest BCUT2D eigenvalue weighted by Gasteiger charge is -2.36. The molecule has 0 amide bonds. The first-order valence-electron chi connectivity index (χ1n) is 5.47. The molecule has 1 N–H and O–H groups in total. The summed E-state index contributed by atoms with van der Waals surface area (Å²) in [7, 11) is -3.48. The van der Waals surface area contributed by atoms with E-state index >= 15 is 0 Å². The van der Waals surface area contributed by atoms with E-state index in [-0.39, 0.29) is 5.03 Å². The quantitative estimate of drug-likeness (QED) is 0.840. The summed E-state index contributed by atoms with van der Waals surface area (Å²) in [6.45, 7) is 6.64. The molecule has 6 nitrogen and oxygen atoms in total. The molecule has 1 fully saturated rings. The molecule has 1 aromatic heterocycles. The van der Waals surface area contributed by atoms with E-state index in [2.05, 4.69) is 9.97 Å². The monoisotopic (exact) mass is 259 g/mol. The van der Waals surface area contributed by atoms with Crippen molar-refractivity contribution in [2.75, 3.05) is 19.7 Å². The van der Waals surface area contributed by atoms with E-state index < -0.39 is 15.6 Å². The molecule has 0 unspecified atom stereocenters. The van der Waals surface area contributed by atoms with Gasteiger partial charge >= 0.3 is 0 Å². The molecule has 0 aliphatic carbocycles. The Morgan fingerprint density at radius 2 is 2.24 bits per heavy atom. The van der Waals surface area contributed by atoms with Crippen molar-refractivity contribution in [1.29, 1.82) is 0 Å². The van der Waals surface area contributed by atoms with Gasteiger partial charge in [0.25, 0.3) is 10.0 Å². The summed E-state index contributed by atoms with van der Waals surface area (Å²) in [6, 6.07) is 0. The van der Waals surface area contributed by atoms with Gasteiger partial charge < -0.3 is 9.72 Å². The molecule has 0 atom stereocenters. The average Bonchev–Trinajstić information content (AvgIpc) is 2.64. The van der Waals surface area contributed by atoms with Gasteiger partial charge in [0.15, 0.2) is 5.03 Å². The summed E-state index contributed by atoms with van der Waals surface area (Å²) in [5.41, 5.74) is -0.444. The van der Waals surface area contributed by atoms with Crippen molar-refractivity contribution in [1.82, 2.24) is 14.3 Å². The number of imidazole rings is 1. The Labute approximate surface area is 101 Å². The average molecular weight is 259 g/mol. The molecule has 0 spiro atoms. The van der Waals surface area contributed by atoms with Crippen LogP contribution in [0.3, 0.4) is 0 Å². The molecule has 2 rings (SSSR count). The highest BCUT2D eigenvalue weighted by atomic mass is 32.2. The Morgan fingerprint density at radius 3 is 2.76 bits per heavy atom. The van der Waals surface area contributed by atoms with Crippen LogP contribution in [0.1, 0.15) is 19.7 Å². The Kier molecular flexibility index (Phi) is 3.01. The molecule has 0 radical (unpaired) electrons.